The van der Waals surface area contributed by atoms with Gasteiger partial charge in [-0.3, -0.25) is 4.31 Å². The first-order chi connectivity index (χ1) is 12.5. The molecule has 2 aromatic carbocycles. The van der Waals surface area contributed by atoms with Gasteiger partial charge in [-0.25, -0.2) is 8.42 Å². The Balaban J connectivity index is 1.53. The maximum absolute atomic E-state index is 13.1. The Hall–Kier alpha value is -2.07. The van der Waals surface area contributed by atoms with Gasteiger partial charge < -0.3 is 0 Å². The Bertz CT molecular complexity index is 975. The summed E-state index contributed by atoms with van der Waals surface area (Å²) in [4.78, 5) is 0.385. The summed E-state index contributed by atoms with van der Waals surface area (Å²) < 4.78 is 27.7. The zero-order valence-corrected chi connectivity index (χ0v) is 15.7. The van der Waals surface area contributed by atoms with Crippen LogP contribution in [0.5, 0.6) is 0 Å². The number of sulfonamides is 1. The highest BCUT2D eigenvalue weighted by Crippen LogP contribution is 2.70. The van der Waals surface area contributed by atoms with Gasteiger partial charge in [0.2, 0.25) is 0 Å². The van der Waals surface area contributed by atoms with Crippen molar-refractivity contribution >= 4 is 10.0 Å². The number of aryl methyl sites for hydroxylation is 1. The van der Waals surface area contributed by atoms with E-state index in [1.54, 1.807) is 16.4 Å². The van der Waals surface area contributed by atoms with Gasteiger partial charge in [-0.1, -0.05) is 48.0 Å². The summed E-state index contributed by atoms with van der Waals surface area (Å²) >= 11 is 0. The van der Waals surface area contributed by atoms with Gasteiger partial charge in [0.15, 0.2) is 0 Å². The Morgan fingerprint density at radius 1 is 1.00 bits per heavy atom. The fraction of sp³-hybridized carbons (Fsp3) is 0.364. The van der Waals surface area contributed by atoms with Crippen molar-refractivity contribution in [3.05, 3.63) is 77.5 Å². The lowest BCUT2D eigenvalue weighted by atomic mass is 9.87. The summed E-state index contributed by atoms with van der Waals surface area (Å²) in [5.74, 6) is 1.27. The molecule has 2 aromatic rings. The number of hydrogen-bond acceptors (Lipinski definition) is 2. The van der Waals surface area contributed by atoms with E-state index in [0.29, 0.717) is 17.4 Å². The van der Waals surface area contributed by atoms with E-state index in [1.165, 1.54) is 24.0 Å². The molecule has 26 heavy (non-hydrogen) atoms. The van der Waals surface area contributed by atoms with Crippen LogP contribution in [0.3, 0.4) is 0 Å². The van der Waals surface area contributed by atoms with Crippen LogP contribution in [0.4, 0.5) is 0 Å². The first-order valence-corrected chi connectivity index (χ1v) is 10.8. The molecule has 2 saturated carbocycles. The third-order valence-electron chi connectivity index (χ3n) is 6.32. The molecule has 2 fully saturated rings. The fourth-order valence-corrected chi connectivity index (χ4v) is 6.11. The van der Waals surface area contributed by atoms with Crippen LogP contribution in [0, 0.1) is 18.8 Å². The first-order valence-electron chi connectivity index (χ1n) is 9.40. The van der Waals surface area contributed by atoms with Gasteiger partial charge in [0.1, 0.15) is 0 Å². The number of benzene rings is 2. The van der Waals surface area contributed by atoms with E-state index in [4.69, 9.17) is 0 Å². The highest BCUT2D eigenvalue weighted by molar-refractivity contribution is 7.89. The van der Waals surface area contributed by atoms with Crippen molar-refractivity contribution in [1.29, 1.82) is 0 Å². The molecule has 0 bridgehead atoms. The molecule has 134 valence electrons. The molecule has 1 heterocycles. The molecule has 2 atom stereocenters. The molecule has 0 N–H and O–H groups in total. The lowest BCUT2D eigenvalue weighted by Gasteiger charge is -2.28. The standard InChI is InChI=1S/C22H23NO2S/c1-16-7-11-19(12-8-16)26(24,25)23-14-13-22(18-5-3-2-4-6-18)20(15-23)21(22)17-9-10-17/h2-8,11-12,15,17,21H,9-10,13-14H2,1H3. The molecule has 0 radical (unpaired) electrons. The summed E-state index contributed by atoms with van der Waals surface area (Å²) in [5.41, 5.74) is 3.84. The third kappa shape index (κ3) is 2.28. The van der Waals surface area contributed by atoms with E-state index in [-0.39, 0.29) is 5.41 Å². The molecule has 2 aliphatic carbocycles. The van der Waals surface area contributed by atoms with Crippen LogP contribution in [0.1, 0.15) is 30.4 Å². The second-order valence-corrected chi connectivity index (χ2v) is 9.81. The zero-order valence-electron chi connectivity index (χ0n) is 14.9. The van der Waals surface area contributed by atoms with Crippen molar-refractivity contribution in [2.24, 2.45) is 11.8 Å². The van der Waals surface area contributed by atoms with Gasteiger partial charge in [-0.15, -0.1) is 0 Å². The van der Waals surface area contributed by atoms with Crippen LogP contribution in [0.2, 0.25) is 0 Å². The Morgan fingerprint density at radius 2 is 1.69 bits per heavy atom. The number of nitrogens with zero attached hydrogens (tertiary/aromatic N) is 1. The van der Waals surface area contributed by atoms with Crippen LogP contribution in [-0.4, -0.2) is 19.3 Å². The highest BCUT2D eigenvalue weighted by Gasteiger charge is 2.66. The Kier molecular flexibility index (Phi) is 3.39. The van der Waals surface area contributed by atoms with Crippen molar-refractivity contribution in [3.8, 4) is 0 Å². The number of rotatable bonds is 4. The van der Waals surface area contributed by atoms with Gasteiger partial charge in [0.05, 0.1) is 4.90 Å². The summed E-state index contributed by atoms with van der Waals surface area (Å²) in [7, 11) is -3.47. The van der Waals surface area contributed by atoms with Crippen LogP contribution < -0.4 is 0 Å². The topological polar surface area (TPSA) is 37.4 Å². The minimum Gasteiger partial charge on any atom is -0.273 e. The van der Waals surface area contributed by atoms with E-state index < -0.39 is 10.0 Å². The minimum atomic E-state index is -3.47. The molecule has 3 aliphatic rings. The second-order valence-electron chi connectivity index (χ2n) is 7.92. The largest absolute Gasteiger partial charge is 0.273 e. The fourth-order valence-electron chi connectivity index (χ4n) is 4.77. The molecule has 0 saturated heterocycles. The van der Waals surface area contributed by atoms with Crippen LogP contribution in [-0.2, 0) is 15.4 Å². The third-order valence-corrected chi connectivity index (χ3v) is 8.09. The first kappa shape index (κ1) is 16.1. The lowest BCUT2D eigenvalue weighted by Crippen LogP contribution is -2.32. The highest BCUT2D eigenvalue weighted by atomic mass is 32.2. The monoisotopic (exact) mass is 365 g/mol. The van der Waals surface area contributed by atoms with Crippen LogP contribution >= 0.6 is 0 Å². The molecule has 4 heteroatoms. The molecular weight excluding hydrogens is 342 g/mol. The number of allylic oxidation sites excluding steroid dienone is 1. The van der Waals surface area contributed by atoms with Crippen molar-refractivity contribution in [1.82, 2.24) is 4.31 Å². The van der Waals surface area contributed by atoms with Crippen molar-refractivity contribution in [2.75, 3.05) is 6.54 Å². The van der Waals surface area contributed by atoms with Crippen LogP contribution in [0.25, 0.3) is 0 Å². The van der Waals surface area contributed by atoms with E-state index in [2.05, 4.69) is 30.3 Å². The molecule has 0 spiro atoms. The quantitative estimate of drug-likeness (QED) is 0.812. The summed E-state index contributed by atoms with van der Waals surface area (Å²) in [6, 6.07) is 17.8. The molecule has 1 aliphatic heterocycles. The van der Waals surface area contributed by atoms with Gasteiger partial charge in [0, 0.05) is 18.2 Å². The second kappa shape index (κ2) is 5.46. The minimum absolute atomic E-state index is 0.0850. The number of hydrogen-bond donors (Lipinski definition) is 0. The van der Waals surface area contributed by atoms with Gasteiger partial charge in [-0.2, -0.15) is 0 Å². The molecule has 5 rings (SSSR count). The normalized spacial score (nSPS) is 27.7. The van der Waals surface area contributed by atoms with Gasteiger partial charge in [0.25, 0.3) is 10.0 Å². The van der Waals surface area contributed by atoms with Gasteiger partial charge in [-0.05, 0) is 61.3 Å². The summed E-state index contributed by atoms with van der Waals surface area (Å²) in [6.07, 6.45) is 5.40. The average Bonchev–Trinajstić information content (AvgIpc) is 3.55. The molecule has 2 unspecified atom stereocenters. The smallest absolute Gasteiger partial charge is 0.263 e. The van der Waals surface area contributed by atoms with Crippen LogP contribution in [0.15, 0.2) is 71.3 Å². The number of fused-ring (bicyclic) bond motifs is 1. The molecule has 0 aromatic heterocycles. The Labute approximate surface area is 155 Å². The lowest BCUT2D eigenvalue weighted by molar-refractivity contribution is 0.429. The Morgan fingerprint density at radius 3 is 2.35 bits per heavy atom. The summed E-state index contributed by atoms with van der Waals surface area (Å²) in [5, 5.41) is 0. The molecular formula is C22H23NO2S. The van der Waals surface area contributed by atoms with E-state index in [0.717, 1.165) is 17.9 Å². The average molecular weight is 365 g/mol. The molecule has 0 amide bonds. The van der Waals surface area contributed by atoms with Crippen molar-refractivity contribution < 1.29 is 8.42 Å². The van der Waals surface area contributed by atoms with Crippen molar-refractivity contribution in [3.63, 3.8) is 0 Å². The van der Waals surface area contributed by atoms with E-state index >= 15 is 0 Å². The van der Waals surface area contributed by atoms with Gasteiger partial charge >= 0.3 is 0 Å². The predicted molar refractivity (Wildman–Crippen MR) is 102 cm³/mol. The van der Waals surface area contributed by atoms with E-state index in [9.17, 15) is 8.42 Å². The molecule has 3 nitrogen and oxygen atoms in total. The maximum Gasteiger partial charge on any atom is 0.263 e. The maximum atomic E-state index is 13.1. The zero-order chi connectivity index (χ0) is 17.9. The van der Waals surface area contributed by atoms with E-state index in [1.807, 2.05) is 25.3 Å². The summed E-state index contributed by atoms with van der Waals surface area (Å²) in [6.45, 7) is 2.52. The SMILES string of the molecule is Cc1ccc(S(=O)(=O)N2C=C3C(C4CC4)C3(c3ccccc3)CC2)cc1. The predicted octanol–water partition coefficient (Wildman–Crippen LogP) is 4.25. The van der Waals surface area contributed by atoms with Crippen molar-refractivity contribution in [2.45, 2.75) is 36.5 Å².